The fraction of sp³-hybridized carbons (Fsp3) is 0.875. The molecule has 0 saturated heterocycles. The van der Waals surface area contributed by atoms with Crippen molar-refractivity contribution >= 4 is 5.91 Å². The number of amides is 1. The van der Waals surface area contributed by atoms with E-state index in [0.29, 0.717) is 0 Å². The van der Waals surface area contributed by atoms with Gasteiger partial charge in [0, 0.05) is 19.6 Å². The van der Waals surface area contributed by atoms with E-state index in [4.69, 9.17) is 5.73 Å². The van der Waals surface area contributed by atoms with Crippen LogP contribution in [0, 0.1) is 0 Å². The molecule has 0 saturated carbocycles. The number of ether oxygens (including phenoxy) is 1. The SMILES string of the molecule is CC(N)CN(C)C(=O)COCC(F)(F)F. The van der Waals surface area contributed by atoms with Crippen LogP contribution in [0.3, 0.4) is 0 Å². The molecule has 15 heavy (non-hydrogen) atoms. The zero-order valence-electron chi connectivity index (χ0n) is 8.67. The molecule has 0 fully saturated rings. The van der Waals surface area contributed by atoms with Crippen LogP contribution >= 0.6 is 0 Å². The van der Waals surface area contributed by atoms with Crippen LogP contribution in [0.4, 0.5) is 13.2 Å². The van der Waals surface area contributed by atoms with Crippen LogP contribution in [0.15, 0.2) is 0 Å². The first kappa shape index (κ1) is 14.2. The molecule has 0 radical (unpaired) electrons. The molecule has 0 aromatic rings. The third-order valence-corrected chi connectivity index (χ3v) is 1.48. The Morgan fingerprint density at radius 1 is 1.53 bits per heavy atom. The molecule has 1 atom stereocenters. The average Bonchev–Trinajstić information content (AvgIpc) is 2.00. The summed E-state index contributed by atoms with van der Waals surface area (Å²) in [6.45, 7) is -0.0119. The molecule has 2 N–H and O–H groups in total. The molecule has 0 aromatic carbocycles. The van der Waals surface area contributed by atoms with Crippen LogP contribution in [-0.4, -0.2) is 49.8 Å². The summed E-state index contributed by atoms with van der Waals surface area (Å²) in [6.07, 6.45) is -4.40. The number of hydrogen-bond donors (Lipinski definition) is 1. The summed E-state index contributed by atoms with van der Waals surface area (Å²) in [7, 11) is 1.46. The van der Waals surface area contributed by atoms with Crippen LogP contribution in [-0.2, 0) is 9.53 Å². The van der Waals surface area contributed by atoms with E-state index >= 15 is 0 Å². The first-order valence-electron chi connectivity index (χ1n) is 4.36. The van der Waals surface area contributed by atoms with Gasteiger partial charge in [-0.1, -0.05) is 0 Å². The zero-order chi connectivity index (χ0) is 12.1. The van der Waals surface area contributed by atoms with E-state index in [1.54, 1.807) is 6.92 Å². The van der Waals surface area contributed by atoms with Crippen molar-refractivity contribution in [1.82, 2.24) is 4.90 Å². The molecule has 0 aromatic heterocycles. The molecule has 7 heteroatoms. The van der Waals surface area contributed by atoms with E-state index in [-0.39, 0.29) is 12.6 Å². The first-order chi connectivity index (χ1) is 6.72. The number of nitrogens with zero attached hydrogens (tertiary/aromatic N) is 1. The largest absolute Gasteiger partial charge is 0.411 e. The highest BCUT2D eigenvalue weighted by molar-refractivity contribution is 5.77. The Bertz CT molecular complexity index is 207. The Labute approximate surface area is 86.2 Å². The van der Waals surface area contributed by atoms with E-state index in [2.05, 4.69) is 4.74 Å². The van der Waals surface area contributed by atoms with Crippen LogP contribution in [0.25, 0.3) is 0 Å². The minimum Gasteiger partial charge on any atom is -0.362 e. The lowest BCUT2D eigenvalue weighted by Crippen LogP contribution is -2.39. The quantitative estimate of drug-likeness (QED) is 0.739. The summed E-state index contributed by atoms with van der Waals surface area (Å²) in [5.74, 6) is -0.517. The second kappa shape index (κ2) is 5.92. The van der Waals surface area contributed by atoms with Crippen molar-refractivity contribution < 1.29 is 22.7 Å². The molecule has 0 bridgehead atoms. The fourth-order valence-corrected chi connectivity index (χ4v) is 0.898. The summed E-state index contributed by atoms with van der Waals surface area (Å²) < 4.78 is 39.1. The third kappa shape index (κ3) is 8.19. The van der Waals surface area contributed by atoms with Crippen LogP contribution in [0.2, 0.25) is 0 Å². The standard InChI is InChI=1S/C8H15F3N2O2/c1-6(12)3-13(2)7(14)4-15-5-8(9,10)11/h6H,3-5,12H2,1-2H3. The van der Waals surface area contributed by atoms with Crippen LogP contribution in [0.5, 0.6) is 0 Å². The summed E-state index contributed by atoms with van der Waals surface area (Å²) in [4.78, 5) is 12.4. The molecule has 0 aliphatic rings. The Morgan fingerprint density at radius 2 is 2.07 bits per heavy atom. The van der Waals surface area contributed by atoms with Gasteiger partial charge in [0.2, 0.25) is 5.91 Å². The molecule has 0 rings (SSSR count). The summed E-state index contributed by atoms with van der Waals surface area (Å²) in [5, 5.41) is 0. The smallest absolute Gasteiger partial charge is 0.362 e. The van der Waals surface area contributed by atoms with E-state index in [9.17, 15) is 18.0 Å². The maximum Gasteiger partial charge on any atom is 0.411 e. The Balaban J connectivity index is 3.74. The minimum atomic E-state index is -4.40. The van der Waals surface area contributed by atoms with Crippen LogP contribution < -0.4 is 5.73 Å². The Morgan fingerprint density at radius 3 is 2.47 bits per heavy atom. The van der Waals surface area contributed by atoms with Gasteiger partial charge in [0.1, 0.15) is 13.2 Å². The molecule has 1 amide bonds. The zero-order valence-corrected chi connectivity index (χ0v) is 8.67. The first-order valence-corrected chi connectivity index (χ1v) is 4.36. The number of alkyl halides is 3. The number of likely N-dealkylation sites (N-methyl/N-ethyl adjacent to an activating group) is 1. The molecule has 0 heterocycles. The molecule has 1 unspecified atom stereocenters. The fourth-order valence-electron chi connectivity index (χ4n) is 0.898. The highest BCUT2D eigenvalue weighted by Gasteiger charge is 2.28. The maximum absolute atomic E-state index is 11.6. The second-order valence-corrected chi connectivity index (χ2v) is 3.36. The molecular formula is C8H15F3N2O2. The predicted molar refractivity (Wildman–Crippen MR) is 48.2 cm³/mol. The molecule has 0 spiro atoms. The minimum absolute atomic E-state index is 0.221. The monoisotopic (exact) mass is 228 g/mol. The van der Waals surface area contributed by atoms with Gasteiger partial charge in [-0.15, -0.1) is 0 Å². The van der Waals surface area contributed by atoms with Crippen molar-refractivity contribution in [3.63, 3.8) is 0 Å². The Hall–Kier alpha value is -0.820. The normalized spacial score (nSPS) is 13.7. The molecule has 0 aliphatic heterocycles. The molecule has 4 nitrogen and oxygen atoms in total. The van der Waals surface area contributed by atoms with Crippen molar-refractivity contribution in [1.29, 1.82) is 0 Å². The number of hydrogen-bond acceptors (Lipinski definition) is 3. The van der Waals surface area contributed by atoms with Crippen molar-refractivity contribution in [3.8, 4) is 0 Å². The number of halogens is 3. The van der Waals surface area contributed by atoms with Gasteiger partial charge in [0.05, 0.1) is 0 Å². The highest BCUT2D eigenvalue weighted by Crippen LogP contribution is 2.14. The predicted octanol–water partition coefficient (Wildman–Crippen LogP) is 0.371. The highest BCUT2D eigenvalue weighted by atomic mass is 19.4. The van der Waals surface area contributed by atoms with Crippen molar-refractivity contribution in [2.45, 2.75) is 19.1 Å². The maximum atomic E-state index is 11.6. The summed E-state index contributed by atoms with van der Waals surface area (Å²) in [6, 6.07) is -0.221. The van der Waals surface area contributed by atoms with Gasteiger partial charge in [-0.2, -0.15) is 13.2 Å². The summed E-state index contributed by atoms with van der Waals surface area (Å²) >= 11 is 0. The topological polar surface area (TPSA) is 55.6 Å². The number of nitrogens with two attached hydrogens (primary N) is 1. The van der Waals surface area contributed by atoms with Gasteiger partial charge in [-0.25, -0.2) is 0 Å². The molecule has 90 valence electrons. The molecule has 0 aliphatic carbocycles. The lowest BCUT2D eigenvalue weighted by atomic mass is 10.3. The average molecular weight is 228 g/mol. The van der Waals surface area contributed by atoms with Gasteiger partial charge in [-0.3, -0.25) is 4.79 Å². The number of carbonyl (C=O) groups excluding carboxylic acids is 1. The van der Waals surface area contributed by atoms with Gasteiger partial charge >= 0.3 is 6.18 Å². The lowest BCUT2D eigenvalue weighted by Gasteiger charge is -2.19. The van der Waals surface area contributed by atoms with Gasteiger partial charge in [0.15, 0.2) is 0 Å². The van der Waals surface area contributed by atoms with E-state index in [1.807, 2.05) is 0 Å². The summed E-state index contributed by atoms with van der Waals surface area (Å²) in [5.41, 5.74) is 5.41. The van der Waals surface area contributed by atoms with Gasteiger partial charge < -0.3 is 15.4 Å². The second-order valence-electron chi connectivity index (χ2n) is 3.36. The van der Waals surface area contributed by atoms with Gasteiger partial charge in [-0.05, 0) is 6.92 Å². The van der Waals surface area contributed by atoms with E-state index < -0.39 is 25.3 Å². The molecular weight excluding hydrogens is 213 g/mol. The number of carbonyl (C=O) groups is 1. The van der Waals surface area contributed by atoms with Gasteiger partial charge in [0.25, 0.3) is 0 Å². The Kier molecular flexibility index (Phi) is 5.59. The van der Waals surface area contributed by atoms with Crippen LogP contribution in [0.1, 0.15) is 6.92 Å². The van der Waals surface area contributed by atoms with E-state index in [0.717, 1.165) is 0 Å². The van der Waals surface area contributed by atoms with Crippen molar-refractivity contribution in [2.24, 2.45) is 5.73 Å². The third-order valence-electron chi connectivity index (χ3n) is 1.48. The lowest BCUT2D eigenvalue weighted by molar-refractivity contribution is -0.177. The van der Waals surface area contributed by atoms with Crippen molar-refractivity contribution in [3.05, 3.63) is 0 Å². The van der Waals surface area contributed by atoms with Crippen molar-refractivity contribution in [2.75, 3.05) is 26.8 Å². The van der Waals surface area contributed by atoms with E-state index in [1.165, 1.54) is 11.9 Å². The number of rotatable bonds is 5.